The van der Waals surface area contributed by atoms with Gasteiger partial charge in [-0.2, -0.15) is 39.5 Å². The molecule has 34 heavy (non-hydrogen) atoms. The van der Waals surface area contributed by atoms with Crippen molar-refractivity contribution in [1.29, 1.82) is 0 Å². The summed E-state index contributed by atoms with van der Waals surface area (Å²) in [6.07, 6.45) is -6.04. The molecule has 0 saturated heterocycles. The van der Waals surface area contributed by atoms with Gasteiger partial charge < -0.3 is 14.6 Å². The number of benzene rings is 1. The molecule has 1 heterocycles. The fraction of sp³-hybridized carbons (Fsp3) is 0.368. The summed E-state index contributed by atoms with van der Waals surface area (Å²) < 4.78 is 138. The largest absolute Gasteiger partial charge is 0.462 e. The molecule has 0 spiro atoms. The molecule has 5 nitrogen and oxygen atoms in total. The maximum Gasteiger partial charge on any atom is 0.460 e. The van der Waals surface area contributed by atoms with Gasteiger partial charge >= 0.3 is 29.9 Å². The van der Waals surface area contributed by atoms with E-state index in [4.69, 9.17) is 4.74 Å². The molecule has 0 atom stereocenters. The molecular formula is C19H14F10N2O3. The van der Waals surface area contributed by atoms with Crippen molar-refractivity contribution in [1.82, 2.24) is 4.57 Å². The highest BCUT2D eigenvalue weighted by Gasteiger charge is 2.82. The molecule has 0 aliphatic heterocycles. The van der Waals surface area contributed by atoms with E-state index in [-0.39, 0.29) is 24.3 Å². The van der Waals surface area contributed by atoms with E-state index in [1.165, 1.54) is 14.0 Å². The summed E-state index contributed by atoms with van der Waals surface area (Å²) in [5.74, 6) is -23.0. The van der Waals surface area contributed by atoms with Crippen molar-refractivity contribution in [2.45, 2.75) is 30.9 Å². The third-order valence-electron chi connectivity index (χ3n) is 4.47. The quantitative estimate of drug-likeness (QED) is 0.404. The number of ether oxygens (including phenoxy) is 1. The SMILES string of the molecule is CCOC(=O)c1cn(C)c(=O)cc1Nc1ccc(C(F)(F)C(F)(F)C(F)(F)C(F)(F)F)cc1F. The van der Waals surface area contributed by atoms with Crippen LogP contribution in [0.15, 0.2) is 35.3 Å². The minimum atomic E-state index is -7.14. The number of pyridine rings is 1. The van der Waals surface area contributed by atoms with E-state index in [1.807, 2.05) is 0 Å². The van der Waals surface area contributed by atoms with Crippen LogP contribution in [0.25, 0.3) is 0 Å². The van der Waals surface area contributed by atoms with Crippen LogP contribution < -0.4 is 10.9 Å². The van der Waals surface area contributed by atoms with E-state index in [9.17, 15) is 53.5 Å². The van der Waals surface area contributed by atoms with Crippen LogP contribution >= 0.6 is 0 Å². The van der Waals surface area contributed by atoms with Gasteiger partial charge in [-0.3, -0.25) is 4.79 Å². The van der Waals surface area contributed by atoms with Gasteiger partial charge in [0.05, 0.1) is 23.5 Å². The zero-order chi connectivity index (χ0) is 26.3. The van der Waals surface area contributed by atoms with Crippen molar-refractivity contribution in [2.75, 3.05) is 11.9 Å². The highest BCUT2D eigenvalue weighted by atomic mass is 19.4. The normalized spacial score (nSPS) is 13.1. The average Bonchev–Trinajstić information content (AvgIpc) is 2.70. The number of aryl methyl sites for hydroxylation is 1. The van der Waals surface area contributed by atoms with Crippen molar-refractivity contribution in [3.8, 4) is 0 Å². The number of hydrogen-bond acceptors (Lipinski definition) is 4. The molecule has 0 radical (unpaired) electrons. The van der Waals surface area contributed by atoms with Crippen LogP contribution in [0.4, 0.5) is 55.3 Å². The van der Waals surface area contributed by atoms with Gasteiger partial charge in [0.2, 0.25) is 0 Å². The Morgan fingerprint density at radius 3 is 2.06 bits per heavy atom. The van der Waals surface area contributed by atoms with Crippen LogP contribution in [-0.4, -0.2) is 35.2 Å². The number of carbonyl (C=O) groups is 1. The number of aromatic nitrogens is 1. The Bertz CT molecular complexity index is 1140. The van der Waals surface area contributed by atoms with E-state index in [1.54, 1.807) is 0 Å². The first-order valence-electron chi connectivity index (χ1n) is 9.03. The molecule has 0 aliphatic rings. The number of esters is 1. The Kier molecular flexibility index (Phi) is 7.01. The smallest absolute Gasteiger partial charge is 0.460 e. The van der Waals surface area contributed by atoms with Crippen LogP contribution in [0.1, 0.15) is 22.8 Å². The number of halogens is 10. The molecule has 15 heteroatoms. The maximum absolute atomic E-state index is 14.4. The van der Waals surface area contributed by atoms with E-state index in [0.717, 1.165) is 16.8 Å². The van der Waals surface area contributed by atoms with E-state index < -0.39 is 58.2 Å². The van der Waals surface area contributed by atoms with Gasteiger partial charge in [0.15, 0.2) is 0 Å². The van der Waals surface area contributed by atoms with Gasteiger partial charge in [-0.15, -0.1) is 0 Å². The average molecular weight is 508 g/mol. The van der Waals surface area contributed by atoms with E-state index >= 15 is 0 Å². The van der Waals surface area contributed by atoms with Crippen LogP contribution in [0, 0.1) is 5.82 Å². The summed E-state index contributed by atoms with van der Waals surface area (Å²) in [5, 5.41) is 2.17. The standard InChI is InChI=1S/C19H14F10N2O3/c1-3-34-15(33)10-8-31(2)14(32)7-13(10)30-12-5-4-9(6-11(12)20)16(21,22)17(23,24)18(25,26)19(27,28)29/h4-8,30H,3H2,1-2H3. The second kappa shape index (κ2) is 8.83. The van der Waals surface area contributed by atoms with Crippen molar-refractivity contribution in [3.05, 3.63) is 57.8 Å². The van der Waals surface area contributed by atoms with Crippen molar-refractivity contribution >= 4 is 17.3 Å². The third-order valence-corrected chi connectivity index (χ3v) is 4.47. The number of hydrogen-bond donors (Lipinski definition) is 1. The maximum atomic E-state index is 14.4. The molecule has 188 valence electrons. The van der Waals surface area contributed by atoms with E-state index in [2.05, 4.69) is 5.32 Å². The van der Waals surface area contributed by atoms with Crippen molar-refractivity contribution < 1.29 is 53.4 Å². The van der Waals surface area contributed by atoms with Gasteiger partial charge in [-0.25, -0.2) is 9.18 Å². The van der Waals surface area contributed by atoms with Gasteiger partial charge in [-0.1, -0.05) is 6.07 Å². The first-order chi connectivity index (χ1) is 15.4. The minimum absolute atomic E-state index is 0.0170. The lowest BCUT2D eigenvalue weighted by molar-refractivity contribution is -0.399. The summed E-state index contributed by atoms with van der Waals surface area (Å²) in [5.41, 5.74) is -4.43. The number of rotatable bonds is 7. The molecule has 0 amide bonds. The number of anilines is 2. The van der Waals surface area contributed by atoms with Crippen LogP contribution in [0.5, 0.6) is 0 Å². The van der Waals surface area contributed by atoms with Crippen LogP contribution in [0.3, 0.4) is 0 Å². The monoisotopic (exact) mass is 508 g/mol. The molecule has 0 bridgehead atoms. The summed E-state index contributed by atoms with van der Waals surface area (Å²) in [6.45, 7) is 1.35. The topological polar surface area (TPSA) is 60.3 Å². The molecule has 0 aliphatic carbocycles. The molecule has 1 N–H and O–H groups in total. The van der Waals surface area contributed by atoms with Gasteiger partial charge in [0.1, 0.15) is 5.82 Å². The molecule has 1 aromatic heterocycles. The Labute approximate surface area is 183 Å². The molecule has 2 rings (SSSR count). The molecule has 0 saturated carbocycles. The summed E-state index contributed by atoms with van der Waals surface area (Å²) >= 11 is 0. The number of carbonyl (C=O) groups excluding carboxylic acids is 1. The number of nitrogens with zero attached hydrogens (tertiary/aromatic N) is 1. The minimum Gasteiger partial charge on any atom is -0.462 e. The van der Waals surface area contributed by atoms with Crippen LogP contribution in [0.2, 0.25) is 0 Å². The molecule has 0 unspecified atom stereocenters. The van der Waals surface area contributed by atoms with Gasteiger partial charge in [0, 0.05) is 24.9 Å². The Morgan fingerprint density at radius 2 is 1.56 bits per heavy atom. The molecular weight excluding hydrogens is 494 g/mol. The Balaban J connectivity index is 2.50. The highest BCUT2D eigenvalue weighted by molar-refractivity contribution is 5.96. The summed E-state index contributed by atoms with van der Waals surface area (Å²) in [6, 6.07) is 0.712. The third kappa shape index (κ3) is 4.55. The lowest BCUT2D eigenvalue weighted by Gasteiger charge is -2.33. The lowest BCUT2D eigenvalue weighted by atomic mass is 9.96. The summed E-state index contributed by atoms with van der Waals surface area (Å²) in [4.78, 5) is 23.9. The summed E-state index contributed by atoms with van der Waals surface area (Å²) in [7, 11) is 1.25. The Morgan fingerprint density at radius 1 is 0.971 bits per heavy atom. The first kappa shape index (κ1) is 27.0. The second-order valence-corrected chi connectivity index (χ2v) is 6.81. The number of alkyl halides is 9. The van der Waals surface area contributed by atoms with Crippen molar-refractivity contribution in [2.24, 2.45) is 7.05 Å². The molecule has 2 aromatic rings. The zero-order valence-corrected chi connectivity index (χ0v) is 17.0. The van der Waals surface area contributed by atoms with Gasteiger partial charge in [-0.05, 0) is 19.1 Å². The lowest BCUT2D eigenvalue weighted by Crippen LogP contribution is -2.59. The predicted molar refractivity (Wildman–Crippen MR) is 97.2 cm³/mol. The fourth-order valence-corrected chi connectivity index (χ4v) is 2.62. The first-order valence-corrected chi connectivity index (χ1v) is 9.03. The molecule has 0 fully saturated rings. The Hall–Kier alpha value is -3.26. The highest BCUT2D eigenvalue weighted by Crippen LogP contribution is 2.56. The molecule has 1 aromatic carbocycles. The van der Waals surface area contributed by atoms with Crippen molar-refractivity contribution in [3.63, 3.8) is 0 Å². The van der Waals surface area contributed by atoms with Crippen LogP contribution in [-0.2, 0) is 17.7 Å². The second-order valence-electron chi connectivity index (χ2n) is 6.81. The van der Waals surface area contributed by atoms with E-state index in [0.29, 0.717) is 6.07 Å². The zero-order valence-electron chi connectivity index (χ0n) is 17.0. The predicted octanol–water partition coefficient (Wildman–Crippen LogP) is 5.37. The van der Waals surface area contributed by atoms with Gasteiger partial charge in [0.25, 0.3) is 5.56 Å². The number of nitrogens with one attached hydrogen (secondary N) is 1. The fourth-order valence-electron chi connectivity index (χ4n) is 2.62.